The smallest absolute Gasteiger partial charge is 0.314 e. The van der Waals surface area contributed by atoms with E-state index in [0.29, 0.717) is 13.0 Å². The van der Waals surface area contributed by atoms with Gasteiger partial charge in [0.2, 0.25) is 0 Å². The van der Waals surface area contributed by atoms with Crippen molar-refractivity contribution in [3.05, 3.63) is 29.8 Å². The highest BCUT2D eigenvalue weighted by Crippen LogP contribution is 2.46. The van der Waals surface area contributed by atoms with Crippen molar-refractivity contribution in [2.45, 2.75) is 38.5 Å². The summed E-state index contributed by atoms with van der Waals surface area (Å²) in [4.78, 5) is 11.9. The summed E-state index contributed by atoms with van der Waals surface area (Å²) in [7, 11) is 0. The molecule has 3 nitrogen and oxygen atoms in total. The van der Waals surface area contributed by atoms with Gasteiger partial charge in [0.25, 0.3) is 0 Å². The number of benzene rings is 1. The molecular formula is C15H20O3. The van der Waals surface area contributed by atoms with Crippen LogP contribution in [0.2, 0.25) is 0 Å². The Hall–Kier alpha value is -1.51. The maximum Gasteiger partial charge on any atom is 0.314 e. The first kappa shape index (κ1) is 12.9. The topological polar surface area (TPSA) is 46.5 Å². The molecule has 2 rings (SSSR count). The van der Waals surface area contributed by atoms with Crippen LogP contribution in [-0.2, 0) is 10.2 Å². The van der Waals surface area contributed by atoms with E-state index in [2.05, 4.69) is 13.8 Å². The third kappa shape index (κ3) is 1.78. The van der Waals surface area contributed by atoms with Gasteiger partial charge in [-0.1, -0.05) is 44.9 Å². The fourth-order valence-electron chi connectivity index (χ4n) is 3.22. The van der Waals surface area contributed by atoms with Crippen molar-refractivity contribution in [1.82, 2.24) is 0 Å². The number of hydrogen-bond donors (Lipinski definition) is 1. The van der Waals surface area contributed by atoms with Crippen LogP contribution in [0.5, 0.6) is 5.75 Å². The van der Waals surface area contributed by atoms with Crippen LogP contribution in [0.4, 0.5) is 0 Å². The fourth-order valence-corrected chi connectivity index (χ4v) is 3.22. The highest BCUT2D eigenvalue weighted by atomic mass is 16.5. The molecule has 0 bridgehead atoms. The SMILES string of the molecule is CCC(CC)C1(C(=O)O)CCOc2ccccc21. The third-order valence-corrected chi connectivity index (χ3v) is 4.19. The van der Waals surface area contributed by atoms with Gasteiger partial charge in [-0.05, 0) is 12.0 Å². The molecule has 3 heteroatoms. The molecule has 0 spiro atoms. The van der Waals surface area contributed by atoms with Crippen molar-refractivity contribution in [2.75, 3.05) is 6.61 Å². The van der Waals surface area contributed by atoms with E-state index < -0.39 is 11.4 Å². The Morgan fingerprint density at radius 3 is 2.67 bits per heavy atom. The standard InChI is InChI=1S/C15H20O3/c1-3-11(4-2)15(14(16)17)9-10-18-13-8-6-5-7-12(13)15/h5-8,11H,3-4,9-10H2,1-2H3,(H,16,17). The minimum atomic E-state index is -0.779. The number of carbonyl (C=O) groups is 1. The number of aliphatic carboxylic acids is 1. The van der Waals surface area contributed by atoms with Crippen molar-refractivity contribution >= 4 is 5.97 Å². The van der Waals surface area contributed by atoms with Crippen LogP contribution < -0.4 is 4.74 Å². The van der Waals surface area contributed by atoms with E-state index in [4.69, 9.17) is 4.74 Å². The van der Waals surface area contributed by atoms with Crippen LogP contribution in [0, 0.1) is 5.92 Å². The lowest BCUT2D eigenvalue weighted by atomic mass is 9.65. The van der Waals surface area contributed by atoms with E-state index in [1.165, 1.54) is 0 Å². The van der Waals surface area contributed by atoms with Crippen molar-refractivity contribution in [2.24, 2.45) is 5.92 Å². The quantitative estimate of drug-likeness (QED) is 0.889. The van der Waals surface area contributed by atoms with Crippen molar-refractivity contribution in [3.63, 3.8) is 0 Å². The molecule has 1 aliphatic heterocycles. The second-order valence-corrected chi connectivity index (χ2v) is 4.88. The zero-order valence-electron chi connectivity index (χ0n) is 11.0. The van der Waals surface area contributed by atoms with Gasteiger partial charge < -0.3 is 9.84 Å². The van der Waals surface area contributed by atoms with Crippen LogP contribution in [0.1, 0.15) is 38.7 Å². The van der Waals surface area contributed by atoms with Gasteiger partial charge in [0.1, 0.15) is 11.2 Å². The Morgan fingerprint density at radius 1 is 1.39 bits per heavy atom. The molecular weight excluding hydrogens is 228 g/mol. The monoisotopic (exact) mass is 248 g/mol. The normalized spacial score (nSPS) is 22.4. The second kappa shape index (κ2) is 5.01. The van der Waals surface area contributed by atoms with Crippen LogP contribution in [0.15, 0.2) is 24.3 Å². The van der Waals surface area contributed by atoms with Gasteiger partial charge in [-0.25, -0.2) is 0 Å². The molecule has 1 N–H and O–H groups in total. The molecule has 98 valence electrons. The summed E-state index contributed by atoms with van der Waals surface area (Å²) < 4.78 is 5.60. The summed E-state index contributed by atoms with van der Waals surface area (Å²) in [5, 5.41) is 9.81. The summed E-state index contributed by atoms with van der Waals surface area (Å²) in [6, 6.07) is 7.56. The van der Waals surface area contributed by atoms with Crippen molar-refractivity contribution < 1.29 is 14.6 Å². The fraction of sp³-hybridized carbons (Fsp3) is 0.533. The molecule has 1 aromatic carbocycles. The highest BCUT2D eigenvalue weighted by Gasteiger charge is 2.49. The summed E-state index contributed by atoms with van der Waals surface area (Å²) in [5.41, 5.74) is 0.0654. The first-order valence-electron chi connectivity index (χ1n) is 6.62. The molecule has 0 amide bonds. The number of rotatable bonds is 4. The lowest BCUT2D eigenvalue weighted by Gasteiger charge is -2.40. The molecule has 0 saturated carbocycles. The van der Waals surface area contributed by atoms with Gasteiger partial charge in [0.15, 0.2) is 0 Å². The Morgan fingerprint density at radius 2 is 2.06 bits per heavy atom. The van der Waals surface area contributed by atoms with Gasteiger partial charge in [0.05, 0.1) is 6.61 Å². The summed E-state index contributed by atoms with van der Waals surface area (Å²) in [6.45, 7) is 4.62. The number of para-hydroxylation sites is 1. The molecule has 0 aromatic heterocycles. The van der Waals surface area contributed by atoms with Gasteiger partial charge in [-0.3, -0.25) is 4.79 Å². The highest BCUT2D eigenvalue weighted by molar-refractivity contribution is 5.83. The molecule has 18 heavy (non-hydrogen) atoms. The van der Waals surface area contributed by atoms with Gasteiger partial charge in [-0.15, -0.1) is 0 Å². The molecule has 1 atom stereocenters. The maximum atomic E-state index is 11.9. The largest absolute Gasteiger partial charge is 0.493 e. The number of carboxylic acids is 1. The number of ether oxygens (including phenoxy) is 1. The lowest BCUT2D eigenvalue weighted by molar-refractivity contribution is -0.148. The molecule has 0 fully saturated rings. The van der Waals surface area contributed by atoms with Gasteiger partial charge in [0, 0.05) is 12.0 Å². The van der Waals surface area contributed by atoms with E-state index in [0.717, 1.165) is 24.2 Å². The van der Waals surface area contributed by atoms with E-state index in [-0.39, 0.29) is 5.92 Å². The van der Waals surface area contributed by atoms with Crippen molar-refractivity contribution in [1.29, 1.82) is 0 Å². The second-order valence-electron chi connectivity index (χ2n) is 4.88. The van der Waals surface area contributed by atoms with E-state index >= 15 is 0 Å². The molecule has 1 aliphatic rings. The Kier molecular flexibility index (Phi) is 3.60. The predicted molar refractivity (Wildman–Crippen MR) is 69.9 cm³/mol. The molecule has 1 aromatic rings. The molecule has 0 radical (unpaired) electrons. The molecule has 1 unspecified atom stereocenters. The first-order valence-corrected chi connectivity index (χ1v) is 6.62. The Labute approximate surface area is 108 Å². The minimum absolute atomic E-state index is 0.153. The molecule has 1 heterocycles. The van der Waals surface area contributed by atoms with Crippen LogP contribution in [0.25, 0.3) is 0 Å². The maximum absolute atomic E-state index is 11.9. The predicted octanol–water partition coefficient (Wildman–Crippen LogP) is 3.23. The van der Waals surface area contributed by atoms with Crippen LogP contribution in [-0.4, -0.2) is 17.7 Å². The zero-order chi connectivity index (χ0) is 13.2. The molecule has 0 aliphatic carbocycles. The van der Waals surface area contributed by atoms with E-state index in [1.54, 1.807) is 0 Å². The van der Waals surface area contributed by atoms with Gasteiger partial charge >= 0.3 is 5.97 Å². The number of carboxylic acid groups (broad SMARTS) is 1. The van der Waals surface area contributed by atoms with Crippen LogP contribution >= 0.6 is 0 Å². The zero-order valence-corrected chi connectivity index (χ0v) is 11.0. The summed E-state index contributed by atoms with van der Waals surface area (Å²) in [5.74, 6) is 0.171. The molecule has 0 saturated heterocycles. The van der Waals surface area contributed by atoms with Crippen molar-refractivity contribution in [3.8, 4) is 5.75 Å². The summed E-state index contributed by atoms with van der Waals surface area (Å²) in [6.07, 6.45) is 2.31. The van der Waals surface area contributed by atoms with Crippen LogP contribution in [0.3, 0.4) is 0 Å². The summed E-state index contributed by atoms with van der Waals surface area (Å²) >= 11 is 0. The lowest BCUT2D eigenvalue weighted by Crippen LogP contribution is -2.46. The average Bonchev–Trinajstić information content (AvgIpc) is 2.40. The van der Waals surface area contributed by atoms with E-state index in [9.17, 15) is 9.90 Å². The first-order chi connectivity index (χ1) is 8.66. The Bertz CT molecular complexity index is 437. The minimum Gasteiger partial charge on any atom is -0.493 e. The Balaban J connectivity index is 2.59. The average molecular weight is 248 g/mol. The number of hydrogen-bond acceptors (Lipinski definition) is 2. The van der Waals surface area contributed by atoms with Gasteiger partial charge in [-0.2, -0.15) is 0 Å². The number of fused-ring (bicyclic) bond motifs is 1. The van der Waals surface area contributed by atoms with E-state index in [1.807, 2.05) is 24.3 Å². The third-order valence-electron chi connectivity index (χ3n) is 4.19.